The summed E-state index contributed by atoms with van der Waals surface area (Å²) >= 11 is 0. The lowest BCUT2D eigenvalue weighted by Gasteiger charge is -2.17. The molecule has 0 saturated heterocycles. The maximum absolute atomic E-state index is 12.5. The second kappa shape index (κ2) is 10.5. The fourth-order valence-electron chi connectivity index (χ4n) is 2.89. The predicted molar refractivity (Wildman–Crippen MR) is 111 cm³/mol. The van der Waals surface area contributed by atoms with Crippen molar-refractivity contribution in [3.05, 3.63) is 42.0 Å². The minimum Gasteiger partial charge on any atom is -0.496 e. The van der Waals surface area contributed by atoms with Crippen LogP contribution >= 0.6 is 0 Å². The molecule has 0 aliphatic carbocycles. The third-order valence-corrected chi connectivity index (χ3v) is 4.60. The predicted octanol–water partition coefficient (Wildman–Crippen LogP) is 1.07. The van der Waals surface area contributed by atoms with Crippen molar-refractivity contribution in [3.63, 3.8) is 0 Å². The summed E-state index contributed by atoms with van der Waals surface area (Å²) in [5.74, 6) is -1.10. The topological polar surface area (TPSA) is 137 Å². The zero-order valence-corrected chi connectivity index (χ0v) is 16.7. The van der Waals surface area contributed by atoms with Gasteiger partial charge in [0.25, 0.3) is 5.91 Å². The first kappa shape index (κ1) is 22.3. The zero-order valence-electron chi connectivity index (χ0n) is 16.7. The molecular formula is C21H28N4O4. The number of ether oxygens (including phenoxy) is 1. The van der Waals surface area contributed by atoms with E-state index in [2.05, 4.69) is 10.6 Å². The summed E-state index contributed by atoms with van der Waals surface area (Å²) in [5, 5.41) is 6.51. The largest absolute Gasteiger partial charge is 0.496 e. The number of hydrogen-bond acceptors (Lipinski definition) is 6. The zero-order chi connectivity index (χ0) is 21.4. The Hall–Kier alpha value is -2.97. The Morgan fingerprint density at radius 1 is 1.10 bits per heavy atom. The molecule has 0 saturated carbocycles. The quantitative estimate of drug-likeness (QED) is 0.465. The molecule has 156 valence electrons. The van der Waals surface area contributed by atoms with Crippen molar-refractivity contribution in [2.45, 2.75) is 38.3 Å². The van der Waals surface area contributed by atoms with Gasteiger partial charge in [0.05, 0.1) is 13.2 Å². The Labute approximate surface area is 170 Å². The third kappa shape index (κ3) is 6.00. The first-order valence-corrected chi connectivity index (χ1v) is 9.55. The number of carbonyl (C=O) groups excluding carboxylic acids is 3. The smallest absolute Gasteiger partial charge is 0.258 e. The van der Waals surface area contributed by atoms with E-state index in [9.17, 15) is 14.4 Å². The highest BCUT2D eigenvalue weighted by atomic mass is 16.5. The number of unbranched alkanes of at least 4 members (excludes halogenated alkanes) is 1. The number of rotatable bonds is 9. The second-order valence-electron chi connectivity index (χ2n) is 6.84. The van der Waals surface area contributed by atoms with E-state index in [0.29, 0.717) is 18.7 Å². The highest BCUT2D eigenvalue weighted by Crippen LogP contribution is 2.27. The molecule has 0 aliphatic rings. The highest BCUT2D eigenvalue weighted by Gasteiger charge is 2.22. The van der Waals surface area contributed by atoms with E-state index in [1.165, 1.54) is 14.0 Å². The van der Waals surface area contributed by atoms with Crippen LogP contribution in [0.1, 0.15) is 36.5 Å². The summed E-state index contributed by atoms with van der Waals surface area (Å²) in [4.78, 5) is 36.9. The van der Waals surface area contributed by atoms with Crippen LogP contribution in [0.5, 0.6) is 5.75 Å². The van der Waals surface area contributed by atoms with Crippen LogP contribution in [0.3, 0.4) is 0 Å². The minimum absolute atomic E-state index is 0.283. The van der Waals surface area contributed by atoms with Gasteiger partial charge in [-0.1, -0.05) is 30.7 Å². The number of carbonyl (C=O) groups is 3. The molecule has 2 aromatic carbocycles. The lowest BCUT2D eigenvalue weighted by molar-refractivity contribution is -0.128. The Bertz CT molecular complexity index is 884. The van der Waals surface area contributed by atoms with E-state index < -0.39 is 29.8 Å². The molecule has 2 rings (SSSR count). The standard InChI is InChI=1S/C21H28N4O4/c1-13(24-21(28)17(23)9-5-6-10-22)19(26)25-20(27)15-11-14-7-3-4-8-16(14)18(12-15)29-2/h3-4,7-8,11-13,17H,5-6,9-10,22-23H2,1-2H3,(H,24,28)(H,25,26,27)/t13-,17-/m1/s1. The van der Waals surface area contributed by atoms with Gasteiger partial charge in [-0.25, -0.2) is 0 Å². The number of nitrogens with one attached hydrogen (secondary N) is 2. The summed E-state index contributed by atoms with van der Waals surface area (Å²) in [6, 6.07) is 9.08. The summed E-state index contributed by atoms with van der Waals surface area (Å²) in [6.45, 7) is 2.03. The molecule has 0 unspecified atom stereocenters. The van der Waals surface area contributed by atoms with Crippen LogP contribution < -0.4 is 26.8 Å². The number of imide groups is 1. The molecule has 0 spiro atoms. The van der Waals surface area contributed by atoms with Crippen molar-refractivity contribution in [3.8, 4) is 5.75 Å². The Morgan fingerprint density at radius 2 is 1.83 bits per heavy atom. The van der Waals surface area contributed by atoms with Gasteiger partial charge >= 0.3 is 0 Å². The molecular weight excluding hydrogens is 372 g/mol. The lowest BCUT2D eigenvalue weighted by atomic mass is 10.1. The highest BCUT2D eigenvalue weighted by molar-refractivity contribution is 6.09. The average Bonchev–Trinajstić information content (AvgIpc) is 2.72. The SMILES string of the molecule is COc1cc(C(=O)NC(=O)[C@@H](C)NC(=O)[C@H](N)CCCCN)cc2ccccc12. The van der Waals surface area contributed by atoms with E-state index in [0.717, 1.165) is 23.6 Å². The van der Waals surface area contributed by atoms with Crippen molar-refractivity contribution in [2.75, 3.05) is 13.7 Å². The molecule has 0 heterocycles. The minimum atomic E-state index is -0.908. The number of fused-ring (bicyclic) bond motifs is 1. The van der Waals surface area contributed by atoms with Crippen LogP contribution in [-0.2, 0) is 9.59 Å². The summed E-state index contributed by atoms with van der Waals surface area (Å²) in [5.41, 5.74) is 11.5. The van der Waals surface area contributed by atoms with E-state index in [4.69, 9.17) is 16.2 Å². The van der Waals surface area contributed by atoms with E-state index in [1.54, 1.807) is 12.1 Å². The van der Waals surface area contributed by atoms with Crippen molar-refractivity contribution < 1.29 is 19.1 Å². The Balaban J connectivity index is 2.00. The average molecular weight is 400 g/mol. The van der Waals surface area contributed by atoms with Crippen LogP contribution in [-0.4, -0.2) is 43.5 Å². The Morgan fingerprint density at radius 3 is 2.52 bits per heavy atom. The van der Waals surface area contributed by atoms with Gasteiger partial charge in [0.15, 0.2) is 0 Å². The molecule has 0 aromatic heterocycles. The van der Waals surface area contributed by atoms with Gasteiger partial charge in [-0.15, -0.1) is 0 Å². The van der Waals surface area contributed by atoms with Crippen molar-refractivity contribution in [1.82, 2.24) is 10.6 Å². The van der Waals surface area contributed by atoms with Crippen LogP contribution in [0.2, 0.25) is 0 Å². The number of methoxy groups -OCH3 is 1. The summed E-state index contributed by atoms with van der Waals surface area (Å²) in [7, 11) is 1.52. The number of nitrogens with two attached hydrogens (primary N) is 2. The van der Waals surface area contributed by atoms with Gasteiger partial charge in [0.2, 0.25) is 11.8 Å². The van der Waals surface area contributed by atoms with Crippen LogP contribution in [0, 0.1) is 0 Å². The van der Waals surface area contributed by atoms with Gasteiger partial charge < -0.3 is 21.5 Å². The third-order valence-electron chi connectivity index (χ3n) is 4.60. The molecule has 6 N–H and O–H groups in total. The number of benzene rings is 2. The number of amides is 3. The fraction of sp³-hybridized carbons (Fsp3) is 0.381. The molecule has 2 atom stereocenters. The molecule has 2 aromatic rings. The molecule has 29 heavy (non-hydrogen) atoms. The van der Waals surface area contributed by atoms with E-state index >= 15 is 0 Å². The Kier molecular flexibility index (Phi) is 8.11. The van der Waals surface area contributed by atoms with Gasteiger partial charge in [-0.05, 0) is 43.8 Å². The first-order valence-electron chi connectivity index (χ1n) is 9.55. The molecule has 0 fully saturated rings. The van der Waals surface area contributed by atoms with E-state index in [-0.39, 0.29) is 5.56 Å². The summed E-state index contributed by atoms with van der Waals surface area (Å²) < 4.78 is 5.35. The lowest BCUT2D eigenvalue weighted by Crippen LogP contribution is -2.51. The second-order valence-corrected chi connectivity index (χ2v) is 6.84. The molecule has 0 radical (unpaired) electrons. The van der Waals surface area contributed by atoms with Crippen molar-refractivity contribution in [2.24, 2.45) is 11.5 Å². The van der Waals surface area contributed by atoms with Gasteiger partial charge in [-0.3, -0.25) is 19.7 Å². The summed E-state index contributed by atoms with van der Waals surface area (Å²) in [6.07, 6.45) is 1.99. The molecule has 8 nitrogen and oxygen atoms in total. The first-order chi connectivity index (χ1) is 13.9. The normalized spacial score (nSPS) is 12.8. The molecule has 0 aliphatic heterocycles. The maximum Gasteiger partial charge on any atom is 0.258 e. The van der Waals surface area contributed by atoms with E-state index in [1.807, 2.05) is 24.3 Å². The van der Waals surface area contributed by atoms with Gasteiger partial charge in [0.1, 0.15) is 11.8 Å². The fourth-order valence-corrected chi connectivity index (χ4v) is 2.89. The van der Waals surface area contributed by atoms with Gasteiger partial charge in [0, 0.05) is 10.9 Å². The molecule has 3 amide bonds. The van der Waals surface area contributed by atoms with Crippen molar-refractivity contribution >= 4 is 28.5 Å². The maximum atomic E-state index is 12.5. The van der Waals surface area contributed by atoms with Gasteiger partial charge in [-0.2, -0.15) is 0 Å². The van der Waals surface area contributed by atoms with Crippen LogP contribution in [0.25, 0.3) is 10.8 Å². The molecule has 8 heteroatoms. The number of hydrogen-bond donors (Lipinski definition) is 4. The monoisotopic (exact) mass is 400 g/mol. The van der Waals surface area contributed by atoms with Crippen LogP contribution in [0.4, 0.5) is 0 Å². The molecule has 0 bridgehead atoms. The van der Waals surface area contributed by atoms with Crippen LogP contribution in [0.15, 0.2) is 36.4 Å². The van der Waals surface area contributed by atoms with Crippen molar-refractivity contribution in [1.29, 1.82) is 0 Å².